The van der Waals surface area contributed by atoms with E-state index in [0.29, 0.717) is 6.54 Å². The Kier molecular flexibility index (Phi) is 4.50. The maximum atomic E-state index is 11.1. The monoisotopic (exact) mass is 269 g/mol. The fourth-order valence-electron chi connectivity index (χ4n) is 1.61. The van der Waals surface area contributed by atoms with Crippen molar-refractivity contribution < 1.29 is 14.3 Å². The van der Waals surface area contributed by atoms with Gasteiger partial charge < -0.3 is 10.1 Å². The lowest BCUT2D eigenvalue weighted by Crippen LogP contribution is -2.28. The number of Topliss-reactive ketones (excluding diaryl/α,β-unsaturated/α-hetero) is 1. The number of hydrogen-bond acceptors (Lipinski definition) is 3. The first-order valence-corrected chi connectivity index (χ1v) is 6.26. The SMILES string of the molecule is CC(=O)C(=O)NCc1ccc(Oc2ccccc2)cc1. The Labute approximate surface area is 117 Å². The van der Waals surface area contributed by atoms with E-state index in [4.69, 9.17) is 4.74 Å². The van der Waals surface area contributed by atoms with Crippen molar-refractivity contribution in [2.24, 2.45) is 0 Å². The predicted octanol–water partition coefficient (Wildman–Crippen LogP) is 2.68. The molecule has 2 aromatic carbocycles. The van der Waals surface area contributed by atoms with Crippen LogP contribution in [-0.2, 0) is 16.1 Å². The van der Waals surface area contributed by atoms with Crippen molar-refractivity contribution in [1.29, 1.82) is 0 Å². The van der Waals surface area contributed by atoms with Gasteiger partial charge in [0.1, 0.15) is 11.5 Å². The molecule has 0 heterocycles. The van der Waals surface area contributed by atoms with Crippen molar-refractivity contribution in [3.8, 4) is 11.5 Å². The lowest BCUT2D eigenvalue weighted by atomic mass is 10.2. The third kappa shape index (κ3) is 3.95. The van der Waals surface area contributed by atoms with Crippen LogP contribution < -0.4 is 10.1 Å². The molecule has 0 unspecified atom stereocenters. The Hall–Kier alpha value is -2.62. The Morgan fingerprint density at radius 3 is 2.15 bits per heavy atom. The third-order valence-corrected chi connectivity index (χ3v) is 2.68. The molecular formula is C16H15NO3. The number of benzene rings is 2. The highest BCUT2D eigenvalue weighted by atomic mass is 16.5. The smallest absolute Gasteiger partial charge is 0.287 e. The molecule has 0 aromatic heterocycles. The van der Waals surface area contributed by atoms with E-state index in [1.807, 2.05) is 54.6 Å². The van der Waals surface area contributed by atoms with E-state index in [1.54, 1.807) is 0 Å². The highest BCUT2D eigenvalue weighted by Crippen LogP contribution is 2.20. The molecule has 0 fully saturated rings. The first kappa shape index (κ1) is 13.8. The summed E-state index contributed by atoms with van der Waals surface area (Å²) in [4.78, 5) is 21.9. The van der Waals surface area contributed by atoms with Gasteiger partial charge in [-0.1, -0.05) is 30.3 Å². The van der Waals surface area contributed by atoms with Crippen LogP contribution in [0.2, 0.25) is 0 Å². The molecule has 0 saturated carbocycles. The minimum absolute atomic E-state index is 0.323. The molecule has 2 rings (SSSR count). The van der Waals surface area contributed by atoms with Crippen molar-refractivity contribution in [2.75, 3.05) is 0 Å². The quantitative estimate of drug-likeness (QED) is 0.849. The van der Waals surface area contributed by atoms with Crippen LogP contribution in [0.1, 0.15) is 12.5 Å². The first-order chi connectivity index (χ1) is 9.65. The number of rotatable bonds is 5. The van der Waals surface area contributed by atoms with Crippen LogP contribution >= 0.6 is 0 Å². The third-order valence-electron chi connectivity index (χ3n) is 2.68. The second-order valence-electron chi connectivity index (χ2n) is 4.30. The van der Waals surface area contributed by atoms with Crippen molar-refractivity contribution in [1.82, 2.24) is 5.32 Å². The Balaban J connectivity index is 1.93. The average Bonchev–Trinajstić information content (AvgIpc) is 2.47. The largest absolute Gasteiger partial charge is 0.457 e. The molecule has 1 amide bonds. The second-order valence-corrected chi connectivity index (χ2v) is 4.30. The molecule has 0 aliphatic rings. The summed E-state index contributed by atoms with van der Waals surface area (Å²) < 4.78 is 5.66. The summed E-state index contributed by atoms with van der Waals surface area (Å²) in [5.74, 6) is 0.423. The van der Waals surface area contributed by atoms with Crippen LogP contribution in [0.25, 0.3) is 0 Å². The molecule has 1 N–H and O–H groups in total. The Morgan fingerprint density at radius 2 is 1.55 bits per heavy atom. The summed E-state index contributed by atoms with van der Waals surface area (Å²) in [6, 6.07) is 16.8. The van der Waals surface area contributed by atoms with Gasteiger partial charge >= 0.3 is 0 Å². The summed E-state index contributed by atoms with van der Waals surface area (Å²) >= 11 is 0. The number of carbonyl (C=O) groups is 2. The highest BCUT2D eigenvalue weighted by molar-refractivity contribution is 6.35. The van der Waals surface area contributed by atoms with Crippen molar-refractivity contribution in [2.45, 2.75) is 13.5 Å². The normalized spacial score (nSPS) is 9.85. The molecule has 20 heavy (non-hydrogen) atoms. The fraction of sp³-hybridized carbons (Fsp3) is 0.125. The van der Waals surface area contributed by atoms with Crippen molar-refractivity contribution in [3.05, 3.63) is 60.2 Å². The van der Waals surface area contributed by atoms with E-state index in [0.717, 1.165) is 17.1 Å². The molecule has 102 valence electrons. The standard InChI is InChI=1S/C16H15NO3/c1-12(18)16(19)17-11-13-7-9-15(10-8-13)20-14-5-3-2-4-6-14/h2-10H,11H2,1H3,(H,17,19). The molecule has 0 aliphatic heterocycles. The lowest BCUT2D eigenvalue weighted by molar-refractivity contribution is -0.136. The van der Waals surface area contributed by atoms with Gasteiger partial charge in [-0.2, -0.15) is 0 Å². The number of nitrogens with one attached hydrogen (secondary N) is 1. The van der Waals surface area contributed by atoms with Crippen LogP contribution in [0.15, 0.2) is 54.6 Å². The molecule has 2 aromatic rings. The maximum absolute atomic E-state index is 11.1. The lowest BCUT2D eigenvalue weighted by Gasteiger charge is -2.07. The van der Waals surface area contributed by atoms with Crippen LogP contribution in [0, 0.1) is 0 Å². The number of ketones is 1. The molecule has 4 heteroatoms. The summed E-state index contributed by atoms with van der Waals surface area (Å²) in [7, 11) is 0. The van der Waals surface area contributed by atoms with Gasteiger partial charge in [0.05, 0.1) is 0 Å². The van der Waals surface area contributed by atoms with E-state index >= 15 is 0 Å². The summed E-state index contributed by atoms with van der Waals surface area (Å²) in [6.07, 6.45) is 0. The predicted molar refractivity (Wildman–Crippen MR) is 75.5 cm³/mol. The average molecular weight is 269 g/mol. The van der Waals surface area contributed by atoms with Gasteiger partial charge in [0.2, 0.25) is 5.78 Å². The summed E-state index contributed by atoms with van der Waals surface area (Å²) in [6.45, 7) is 1.57. The minimum atomic E-state index is -0.574. The van der Waals surface area contributed by atoms with Crippen LogP contribution in [0.4, 0.5) is 0 Å². The minimum Gasteiger partial charge on any atom is -0.457 e. The molecule has 0 atom stereocenters. The zero-order chi connectivity index (χ0) is 14.4. The van der Waals surface area contributed by atoms with Crippen LogP contribution in [-0.4, -0.2) is 11.7 Å². The number of hydrogen-bond donors (Lipinski definition) is 1. The number of amides is 1. The summed E-state index contributed by atoms with van der Waals surface area (Å²) in [5, 5.41) is 2.54. The molecule has 0 radical (unpaired) electrons. The second kappa shape index (κ2) is 6.52. The molecule has 4 nitrogen and oxygen atoms in total. The maximum Gasteiger partial charge on any atom is 0.287 e. The highest BCUT2D eigenvalue weighted by Gasteiger charge is 2.06. The Bertz CT molecular complexity index is 591. The Morgan fingerprint density at radius 1 is 0.950 bits per heavy atom. The topological polar surface area (TPSA) is 55.4 Å². The number of carbonyl (C=O) groups excluding carboxylic acids is 2. The van der Waals surface area contributed by atoms with Gasteiger partial charge in [-0.3, -0.25) is 9.59 Å². The van der Waals surface area contributed by atoms with E-state index in [2.05, 4.69) is 5.32 Å². The van der Waals surface area contributed by atoms with Gasteiger partial charge in [0, 0.05) is 13.5 Å². The van der Waals surface area contributed by atoms with Gasteiger partial charge in [0.25, 0.3) is 5.91 Å². The molecule has 0 aliphatic carbocycles. The van der Waals surface area contributed by atoms with E-state index in [1.165, 1.54) is 6.92 Å². The molecule has 0 bridgehead atoms. The van der Waals surface area contributed by atoms with E-state index in [-0.39, 0.29) is 0 Å². The number of ether oxygens (including phenoxy) is 1. The zero-order valence-corrected chi connectivity index (χ0v) is 11.1. The number of para-hydroxylation sites is 1. The fourth-order valence-corrected chi connectivity index (χ4v) is 1.61. The van der Waals surface area contributed by atoms with E-state index < -0.39 is 11.7 Å². The molecule has 0 saturated heterocycles. The van der Waals surface area contributed by atoms with Gasteiger partial charge in [-0.15, -0.1) is 0 Å². The van der Waals surface area contributed by atoms with Crippen LogP contribution in [0.5, 0.6) is 11.5 Å². The molecule has 0 spiro atoms. The van der Waals surface area contributed by atoms with Gasteiger partial charge in [-0.25, -0.2) is 0 Å². The van der Waals surface area contributed by atoms with Gasteiger partial charge in [0.15, 0.2) is 0 Å². The van der Waals surface area contributed by atoms with Crippen molar-refractivity contribution in [3.63, 3.8) is 0 Å². The first-order valence-electron chi connectivity index (χ1n) is 6.26. The zero-order valence-electron chi connectivity index (χ0n) is 11.1. The van der Waals surface area contributed by atoms with E-state index in [9.17, 15) is 9.59 Å². The molecular weight excluding hydrogens is 254 g/mol. The van der Waals surface area contributed by atoms with Crippen molar-refractivity contribution >= 4 is 11.7 Å². The summed E-state index contributed by atoms with van der Waals surface area (Å²) in [5.41, 5.74) is 0.903. The van der Waals surface area contributed by atoms with Crippen LogP contribution in [0.3, 0.4) is 0 Å². The van der Waals surface area contributed by atoms with Gasteiger partial charge in [-0.05, 0) is 29.8 Å².